The zero-order chi connectivity index (χ0) is 17.9. The quantitative estimate of drug-likeness (QED) is 0.838. The van der Waals surface area contributed by atoms with Gasteiger partial charge in [-0.1, -0.05) is 0 Å². The molecule has 2 aliphatic heterocycles. The fourth-order valence-electron chi connectivity index (χ4n) is 3.61. The topological polar surface area (TPSA) is 71.5 Å². The number of rotatable bonds is 3. The van der Waals surface area contributed by atoms with E-state index in [1.807, 2.05) is 6.07 Å². The highest BCUT2D eigenvalue weighted by Gasteiger charge is 2.37. The number of halogens is 1. The van der Waals surface area contributed by atoms with Crippen molar-refractivity contribution in [2.75, 3.05) is 24.6 Å². The van der Waals surface area contributed by atoms with Gasteiger partial charge in [0.15, 0.2) is 0 Å². The van der Waals surface area contributed by atoms with E-state index < -0.39 is 5.82 Å². The lowest BCUT2D eigenvalue weighted by Crippen LogP contribution is -2.42. The summed E-state index contributed by atoms with van der Waals surface area (Å²) in [6, 6.07) is 3.02. The van der Waals surface area contributed by atoms with Crippen LogP contribution >= 0.6 is 0 Å². The minimum Gasteiger partial charge on any atom is -0.356 e. The molecule has 0 radical (unpaired) electrons. The van der Waals surface area contributed by atoms with Crippen molar-refractivity contribution in [2.45, 2.75) is 25.3 Å². The molecule has 2 fully saturated rings. The Balaban J connectivity index is 1.41. The Bertz CT molecular complexity index is 767. The molecule has 2 aromatic heterocycles. The van der Waals surface area contributed by atoms with E-state index in [2.05, 4.69) is 19.9 Å². The third-order valence-electron chi connectivity index (χ3n) is 4.97. The summed E-state index contributed by atoms with van der Waals surface area (Å²) in [5.74, 6) is 0.348. The molecular formula is C18H20FN5O2. The molecule has 1 amide bonds. The molecule has 0 bridgehead atoms. The second kappa shape index (κ2) is 7.33. The summed E-state index contributed by atoms with van der Waals surface area (Å²) >= 11 is 0. The molecule has 4 rings (SSSR count). The molecule has 0 aromatic carbocycles. The highest BCUT2D eigenvalue weighted by molar-refractivity contribution is 5.79. The van der Waals surface area contributed by atoms with Crippen LogP contribution in [0.1, 0.15) is 30.9 Å². The molecule has 8 heteroatoms. The number of carbonyl (C=O) groups is 1. The third kappa shape index (κ3) is 3.37. The lowest BCUT2D eigenvalue weighted by Gasteiger charge is -2.34. The van der Waals surface area contributed by atoms with Crippen molar-refractivity contribution in [2.24, 2.45) is 5.92 Å². The first-order valence-corrected chi connectivity index (χ1v) is 8.80. The maximum atomic E-state index is 13.5. The van der Waals surface area contributed by atoms with E-state index in [4.69, 9.17) is 4.84 Å². The van der Waals surface area contributed by atoms with Crippen molar-refractivity contribution >= 4 is 11.7 Å². The van der Waals surface area contributed by atoms with Gasteiger partial charge in [-0.2, -0.15) is 0 Å². The Kier molecular flexibility index (Phi) is 4.75. The van der Waals surface area contributed by atoms with Gasteiger partial charge in [-0.05, 0) is 30.5 Å². The van der Waals surface area contributed by atoms with Crippen LogP contribution < -0.4 is 4.90 Å². The van der Waals surface area contributed by atoms with E-state index in [1.54, 1.807) is 12.4 Å². The molecule has 26 heavy (non-hydrogen) atoms. The number of hydrogen-bond acceptors (Lipinski definition) is 6. The number of carbonyl (C=O) groups excluding carboxylic acids is 1. The maximum absolute atomic E-state index is 13.5. The van der Waals surface area contributed by atoms with E-state index in [0.717, 1.165) is 37.9 Å². The molecule has 2 aliphatic rings. The molecule has 0 saturated carbocycles. The Morgan fingerprint density at radius 2 is 2.04 bits per heavy atom. The average molecular weight is 357 g/mol. The van der Waals surface area contributed by atoms with Crippen LogP contribution in [0.15, 0.2) is 37.1 Å². The van der Waals surface area contributed by atoms with Crippen LogP contribution in [0, 0.1) is 11.7 Å². The Hall–Kier alpha value is -2.61. The van der Waals surface area contributed by atoms with E-state index in [9.17, 15) is 9.18 Å². The van der Waals surface area contributed by atoms with E-state index in [-0.39, 0.29) is 17.9 Å². The smallest absolute Gasteiger partial charge is 0.249 e. The largest absolute Gasteiger partial charge is 0.356 e. The van der Waals surface area contributed by atoms with Gasteiger partial charge in [0, 0.05) is 37.8 Å². The maximum Gasteiger partial charge on any atom is 0.249 e. The lowest BCUT2D eigenvalue weighted by atomic mass is 9.94. The van der Waals surface area contributed by atoms with Crippen LogP contribution in [-0.4, -0.2) is 45.6 Å². The van der Waals surface area contributed by atoms with E-state index in [0.29, 0.717) is 18.6 Å². The van der Waals surface area contributed by atoms with Gasteiger partial charge in [-0.25, -0.2) is 19.4 Å². The molecule has 7 nitrogen and oxygen atoms in total. The molecule has 4 heterocycles. The van der Waals surface area contributed by atoms with Crippen molar-refractivity contribution in [3.8, 4) is 0 Å². The molecule has 0 aliphatic carbocycles. The Morgan fingerprint density at radius 3 is 2.77 bits per heavy atom. The highest BCUT2D eigenvalue weighted by atomic mass is 19.1. The molecular weight excluding hydrogens is 337 g/mol. The number of anilines is 1. The number of nitrogens with zero attached hydrogens (tertiary/aromatic N) is 5. The van der Waals surface area contributed by atoms with Crippen molar-refractivity contribution in [3.63, 3.8) is 0 Å². The fraction of sp³-hybridized carbons (Fsp3) is 0.444. The summed E-state index contributed by atoms with van der Waals surface area (Å²) in [7, 11) is 0. The standard InChI is InChI=1S/C18H20FN5O2/c19-15-9-14(10-21-11-15)16-4-8-26-24(16)18(25)13-2-6-23(7-3-13)17-1-5-20-12-22-17/h1,5,9-13,16H,2-4,6-8H2. The lowest BCUT2D eigenvalue weighted by molar-refractivity contribution is -0.182. The van der Waals surface area contributed by atoms with Crippen molar-refractivity contribution in [3.05, 3.63) is 48.4 Å². The molecule has 0 spiro atoms. The highest BCUT2D eigenvalue weighted by Crippen LogP contribution is 2.33. The van der Waals surface area contributed by atoms with Gasteiger partial charge in [0.1, 0.15) is 18.0 Å². The zero-order valence-electron chi connectivity index (χ0n) is 14.3. The number of pyridine rings is 1. The van der Waals surface area contributed by atoms with Gasteiger partial charge < -0.3 is 4.90 Å². The first-order chi connectivity index (χ1) is 12.7. The zero-order valence-corrected chi connectivity index (χ0v) is 14.3. The van der Waals surface area contributed by atoms with Crippen LogP contribution in [0.5, 0.6) is 0 Å². The van der Waals surface area contributed by atoms with Gasteiger partial charge in [0.25, 0.3) is 0 Å². The van der Waals surface area contributed by atoms with E-state index >= 15 is 0 Å². The molecule has 0 N–H and O–H groups in total. The van der Waals surface area contributed by atoms with Gasteiger partial charge in [0.2, 0.25) is 5.91 Å². The average Bonchev–Trinajstić information content (AvgIpc) is 3.18. The summed E-state index contributed by atoms with van der Waals surface area (Å²) in [6.45, 7) is 1.97. The summed E-state index contributed by atoms with van der Waals surface area (Å²) < 4.78 is 13.5. The van der Waals surface area contributed by atoms with Gasteiger partial charge in [-0.15, -0.1) is 0 Å². The van der Waals surface area contributed by atoms with Crippen molar-refractivity contribution in [1.29, 1.82) is 0 Å². The fourth-order valence-corrected chi connectivity index (χ4v) is 3.61. The number of hydroxylamine groups is 2. The van der Waals surface area contributed by atoms with Crippen LogP contribution in [0.4, 0.5) is 10.2 Å². The van der Waals surface area contributed by atoms with Gasteiger partial charge >= 0.3 is 0 Å². The Morgan fingerprint density at radius 1 is 1.19 bits per heavy atom. The molecule has 1 unspecified atom stereocenters. The number of amides is 1. The monoisotopic (exact) mass is 357 g/mol. The number of aromatic nitrogens is 3. The molecule has 2 saturated heterocycles. The van der Waals surface area contributed by atoms with Crippen LogP contribution in [0.25, 0.3) is 0 Å². The van der Waals surface area contributed by atoms with Gasteiger partial charge in [-0.3, -0.25) is 14.6 Å². The van der Waals surface area contributed by atoms with E-state index in [1.165, 1.54) is 17.5 Å². The van der Waals surface area contributed by atoms with Crippen molar-refractivity contribution < 1.29 is 14.0 Å². The molecule has 136 valence electrons. The third-order valence-corrected chi connectivity index (χ3v) is 4.97. The summed E-state index contributed by atoms with van der Waals surface area (Å²) in [5, 5.41) is 1.43. The number of hydrogen-bond donors (Lipinski definition) is 0. The Labute approximate surface area is 150 Å². The number of piperidine rings is 1. The molecule has 2 aromatic rings. The van der Waals surface area contributed by atoms with Gasteiger partial charge in [0.05, 0.1) is 18.8 Å². The second-order valence-corrected chi connectivity index (χ2v) is 6.57. The van der Waals surface area contributed by atoms with Crippen LogP contribution in [0.3, 0.4) is 0 Å². The SMILES string of the molecule is O=C(C1CCN(c2ccncn2)CC1)N1OCCC1c1cncc(F)c1. The first kappa shape index (κ1) is 16.8. The van der Waals surface area contributed by atoms with Crippen LogP contribution in [-0.2, 0) is 9.63 Å². The molecule has 1 atom stereocenters. The second-order valence-electron chi connectivity index (χ2n) is 6.57. The van der Waals surface area contributed by atoms with Crippen molar-refractivity contribution in [1.82, 2.24) is 20.0 Å². The predicted molar refractivity (Wildman–Crippen MR) is 91.3 cm³/mol. The minimum absolute atomic E-state index is 0.0286. The van der Waals surface area contributed by atoms with Crippen LogP contribution in [0.2, 0.25) is 0 Å². The summed E-state index contributed by atoms with van der Waals surface area (Å²) in [5.41, 5.74) is 0.675. The first-order valence-electron chi connectivity index (χ1n) is 8.80. The predicted octanol–water partition coefficient (Wildman–Crippen LogP) is 2.13. The normalized spacial score (nSPS) is 21.2. The minimum atomic E-state index is -0.403. The summed E-state index contributed by atoms with van der Waals surface area (Å²) in [6.07, 6.45) is 8.12. The summed E-state index contributed by atoms with van der Waals surface area (Å²) in [4.78, 5) is 32.8.